The smallest absolute Gasteiger partial charge is 0.354 e. The third-order valence-electron chi connectivity index (χ3n) is 2.53. The van der Waals surface area contributed by atoms with Gasteiger partial charge in [-0.1, -0.05) is 12.1 Å². The summed E-state index contributed by atoms with van der Waals surface area (Å²) in [6, 6.07) is 10.0. The number of sulfonamides is 1. The number of pyridine rings is 1. The van der Waals surface area contributed by atoms with E-state index in [1.54, 1.807) is 12.1 Å². The number of anilines is 1. The van der Waals surface area contributed by atoms with Gasteiger partial charge in [0.15, 0.2) is 0 Å². The Kier molecular flexibility index (Phi) is 3.86. The van der Waals surface area contributed by atoms with Gasteiger partial charge in [0.25, 0.3) is 10.0 Å². The molecule has 106 valence electrons. The number of nitrogens with one attached hydrogen (secondary N) is 1. The van der Waals surface area contributed by atoms with Gasteiger partial charge in [-0.3, -0.25) is 4.72 Å². The van der Waals surface area contributed by atoms with Crippen LogP contribution in [0.2, 0.25) is 0 Å². The molecule has 1 aromatic carbocycles. The van der Waals surface area contributed by atoms with Crippen LogP contribution < -0.4 is 4.72 Å². The number of nitrogens with zero attached hydrogens (tertiary/aromatic N) is 2. The second-order valence-corrected chi connectivity index (χ2v) is 5.60. The fourth-order valence-corrected chi connectivity index (χ4v) is 2.79. The van der Waals surface area contributed by atoms with Gasteiger partial charge in [-0.05, 0) is 24.3 Å². The number of carbonyl (C=O) groups is 1. The van der Waals surface area contributed by atoms with Crippen LogP contribution in [-0.2, 0) is 10.0 Å². The van der Waals surface area contributed by atoms with Crippen molar-refractivity contribution in [2.24, 2.45) is 0 Å². The van der Waals surface area contributed by atoms with E-state index in [2.05, 4.69) is 9.71 Å². The maximum atomic E-state index is 12.2. The largest absolute Gasteiger partial charge is 0.477 e. The van der Waals surface area contributed by atoms with Gasteiger partial charge in [0.1, 0.15) is 16.7 Å². The fourth-order valence-electron chi connectivity index (χ4n) is 1.58. The molecule has 0 aliphatic carbocycles. The minimum absolute atomic E-state index is 0.0140. The molecule has 2 N–H and O–H groups in total. The van der Waals surface area contributed by atoms with E-state index in [1.165, 1.54) is 30.3 Å². The SMILES string of the molecule is N#Cc1ccccc1S(=O)(=O)Nc1ccc(C(=O)O)nc1. The van der Waals surface area contributed by atoms with E-state index in [1.807, 2.05) is 0 Å². The van der Waals surface area contributed by atoms with Crippen LogP contribution in [0, 0.1) is 11.3 Å². The van der Waals surface area contributed by atoms with Crippen molar-refractivity contribution in [2.75, 3.05) is 4.72 Å². The Morgan fingerprint density at radius 2 is 1.95 bits per heavy atom. The number of aromatic nitrogens is 1. The maximum absolute atomic E-state index is 12.2. The Balaban J connectivity index is 2.34. The van der Waals surface area contributed by atoms with E-state index >= 15 is 0 Å². The minimum Gasteiger partial charge on any atom is -0.477 e. The molecule has 0 radical (unpaired) electrons. The molecule has 7 nitrogen and oxygen atoms in total. The summed E-state index contributed by atoms with van der Waals surface area (Å²) in [5.74, 6) is -1.21. The monoisotopic (exact) mass is 303 g/mol. The molecule has 2 rings (SSSR count). The van der Waals surface area contributed by atoms with E-state index in [4.69, 9.17) is 10.4 Å². The van der Waals surface area contributed by atoms with Gasteiger partial charge in [0.2, 0.25) is 0 Å². The molecule has 1 heterocycles. The second-order valence-electron chi connectivity index (χ2n) is 3.95. The topological polar surface area (TPSA) is 120 Å². The zero-order valence-corrected chi connectivity index (χ0v) is 11.3. The molecule has 0 saturated heterocycles. The van der Waals surface area contributed by atoms with E-state index in [-0.39, 0.29) is 21.8 Å². The van der Waals surface area contributed by atoms with Crippen LogP contribution >= 0.6 is 0 Å². The van der Waals surface area contributed by atoms with Crippen LogP contribution in [-0.4, -0.2) is 24.5 Å². The lowest BCUT2D eigenvalue weighted by Crippen LogP contribution is -2.14. The van der Waals surface area contributed by atoms with Gasteiger partial charge in [0.05, 0.1) is 17.4 Å². The standard InChI is InChI=1S/C13H9N3O4S/c14-7-9-3-1-2-4-12(9)21(19,20)16-10-5-6-11(13(17)18)15-8-10/h1-6,8,16H,(H,17,18). The number of hydrogen-bond donors (Lipinski definition) is 2. The normalized spacial score (nSPS) is 10.6. The number of hydrogen-bond acceptors (Lipinski definition) is 5. The van der Waals surface area contributed by atoms with Gasteiger partial charge < -0.3 is 5.11 Å². The van der Waals surface area contributed by atoms with Crippen LogP contribution in [0.15, 0.2) is 47.5 Å². The first-order valence-corrected chi connectivity index (χ1v) is 7.13. The first-order valence-electron chi connectivity index (χ1n) is 5.65. The third-order valence-corrected chi connectivity index (χ3v) is 3.97. The molecule has 8 heteroatoms. The van der Waals surface area contributed by atoms with Gasteiger partial charge in [0, 0.05) is 0 Å². The van der Waals surface area contributed by atoms with Gasteiger partial charge in [-0.25, -0.2) is 18.2 Å². The zero-order valence-electron chi connectivity index (χ0n) is 10.5. The molecular formula is C13H9N3O4S. The Morgan fingerprint density at radius 1 is 1.24 bits per heavy atom. The lowest BCUT2D eigenvalue weighted by atomic mass is 10.2. The number of nitriles is 1. The number of carboxylic acids is 1. The average Bonchev–Trinajstić information content (AvgIpc) is 2.47. The van der Waals surface area contributed by atoms with Crippen molar-refractivity contribution in [3.05, 3.63) is 53.9 Å². The molecule has 0 aliphatic rings. The lowest BCUT2D eigenvalue weighted by Gasteiger charge is -2.08. The second kappa shape index (κ2) is 5.60. The van der Waals surface area contributed by atoms with Gasteiger partial charge >= 0.3 is 5.97 Å². The third kappa shape index (κ3) is 3.16. The average molecular weight is 303 g/mol. The highest BCUT2D eigenvalue weighted by atomic mass is 32.2. The summed E-state index contributed by atoms with van der Waals surface area (Å²) in [4.78, 5) is 14.1. The first-order chi connectivity index (χ1) is 9.94. The summed E-state index contributed by atoms with van der Waals surface area (Å²) < 4.78 is 26.6. The van der Waals surface area contributed by atoms with Crippen molar-refractivity contribution in [3.8, 4) is 6.07 Å². The van der Waals surface area contributed by atoms with Gasteiger partial charge in [-0.2, -0.15) is 5.26 Å². The highest BCUT2D eigenvalue weighted by molar-refractivity contribution is 7.92. The Hall–Kier alpha value is -2.92. The zero-order chi connectivity index (χ0) is 15.5. The predicted molar refractivity (Wildman–Crippen MR) is 73.2 cm³/mol. The van der Waals surface area contributed by atoms with Crippen molar-refractivity contribution in [1.82, 2.24) is 4.98 Å². The summed E-state index contributed by atoms with van der Waals surface area (Å²) in [5.41, 5.74) is -0.0803. The Bertz CT molecular complexity index is 823. The number of rotatable bonds is 4. The number of carboxylic acid groups (broad SMARTS) is 1. The van der Waals surface area contributed by atoms with Gasteiger partial charge in [-0.15, -0.1) is 0 Å². The summed E-state index contributed by atoms with van der Waals surface area (Å²) in [6.07, 6.45) is 1.09. The Labute approximate surface area is 120 Å². The highest BCUT2D eigenvalue weighted by Crippen LogP contribution is 2.18. The number of aromatic carboxylic acids is 1. The molecule has 0 saturated carbocycles. The lowest BCUT2D eigenvalue weighted by molar-refractivity contribution is 0.0690. The molecule has 0 aliphatic heterocycles. The molecule has 0 spiro atoms. The van der Waals surface area contributed by atoms with Crippen LogP contribution in [0.3, 0.4) is 0 Å². The molecule has 0 fully saturated rings. The Morgan fingerprint density at radius 3 is 2.52 bits per heavy atom. The minimum atomic E-state index is -3.95. The number of benzene rings is 1. The molecule has 1 aromatic heterocycles. The predicted octanol–water partition coefficient (Wildman–Crippen LogP) is 1.45. The van der Waals surface area contributed by atoms with Crippen LogP contribution in [0.1, 0.15) is 16.1 Å². The van der Waals surface area contributed by atoms with E-state index in [0.717, 1.165) is 6.20 Å². The van der Waals surface area contributed by atoms with Crippen molar-refractivity contribution in [2.45, 2.75) is 4.90 Å². The molecule has 0 unspecified atom stereocenters. The molecule has 2 aromatic rings. The van der Waals surface area contributed by atoms with E-state index in [9.17, 15) is 13.2 Å². The fraction of sp³-hybridized carbons (Fsp3) is 0. The summed E-state index contributed by atoms with van der Waals surface area (Å²) in [7, 11) is -3.95. The van der Waals surface area contributed by atoms with Crippen molar-refractivity contribution < 1.29 is 18.3 Å². The van der Waals surface area contributed by atoms with Crippen molar-refractivity contribution in [3.63, 3.8) is 0 Å². The van der Waals surface area contributed by atoms with Crippen LogP contribution in [0.25, 0.3) is 0 Å². The molecule has 0 atom stereocenters. The van der Waals surface area contributed by atoms with E-state index in [0.29, 0.717) is 0 Å². The highest BCUT2D eigenvalue weighted by Gasteiger charge is 2.18. The molecule has 0 amide bonds. The molecule has 21 heavy (non-hydrogen) atoms. The molecular weight excluding hydrogens is 294 g/mol. The van der Waals surface area contributed by atoms with Crippen LogP contribution in [0.4, 0.5) is 5.69 Å². The molecule has 0 bridgehead atoms. The van der Waals surface area contributed by atoms with Crippen molar-refractivity contribution in [1.29, 1.82) is 5.26 Å². The van der Waals surface area contributed by atoms with Crippen LogP contribution in [0.5, 0.6) is 0 Å². The van der Waals surface area contributed by atoms with E-state index < -0.39 is 16.0 Å². The maximum Gasteiger partial charge on any atom is 0.354 e. The first kappa shape index (κ1) is 14.5. The van der Waals surface area contributed by atoms with Crippen molar-refractivity contribution >= 4 is 21.7 Å². The summed E-state index contributed by atoms with van der Waals surface area (Å²) >= 11 is 0. The quantitative estimate of drug-likeness (QED) is 0.882. The summed E-state index contributed by atoms with van der Waals surface area (Å²) in [6.45, 7) is 0. The summed E-state index contributed by atoms with van der Waals surface area (Å²) in [5, 5.41) is 17.6.